The van der Waals surface area contributed by atoms with Crippen molar-refractivity contribution < 1.29 is 9.53 Å². The quantitative estimate of drug-likeness (QED) is 0.841. The van der Waals surface area contributed by atoms with E-state index < -0.39 is 0 Å². The van der Waals surface area contributed by atoms with Crippen LogP contribution in [-0.4, -0.2) is 22.9 Å². The van der Waals surface area contributed by atoms with Gasteiger partial charge in [0.05, 0.1) is 11.6 Å². The summed E-state index contributed by atoms with van der Waals surface area (Å²) in [5, 5.41) is 3.95. The highest BCUT2D eigenvalue weighted by molar-refractivity contribution is 9.09. The van der Waals surface area contributed by atoms with Gasteiger partial charge < -0.3 is 10.1 Å². The number of halogens is 1. The molecule has 0 radical (unpaired) electrons. The van der Waals surface area contributed by atoms with Crippen LogP contribution < -0.4 is 10.1 Å². The van der Waals surface area contributed by atoms with Crippen molar-refractivity contribution in [3.63, 3.8) is 0 Å². The normalized spacial score (nSPS) is 16.8. The van der Waals surface area contributed by atoms with Crippen LogP contribution in [0, 0.1) is 0 Å². The summed E-state index contributed by atoms with van der Waals surface area (Å²) < 4.78 is 5.56. The van der Waals surface area contributed by atoms with Crippen molar-refractivity contribution in [2.45, 2.75) is 44.8 Å². The lowest BCUT2D eigenvalue weighted by atomic mass is 9.78. The molecule has 1 aromatic rings. The van der Waals surface area contributed by atoms with Crippen molar-refractivity contribution in [2.75, 3.05) is 5.33 Å². The molecule has 2 rings (SSSR count). The number of hydrogen-bond acceptors (Lipinski definition) is 2. The van der Waals surface area contributed by atoms with Gasteiger partial charge in [-0.1, -0.05) is 15.9 Å². The molecule has 0 aromatic heterocycles. The van der Waals surface area contributed by atoms with Crippen LogP contribution >= 0.6 is 15.9 Å². The first-order valence-electron chi connectivity index (χ1n) is 6.70. The topological polar surface area (TPSA) is 38.3 Å². The first kappa shape index (κ1) is 14.4. The zero-order chi connectivity index (χ0) is 13.9. The maximum absolute atomic E-state index is 12.2. The SMILES string of the molecule is CC(C)Oc1ccc(C(=O)NC2(CBr)CCC2)cc1. The van der Waals surface area contributed by atoms with Crippen LogP contribution in [0.15, 0.2) is 24.3 Å². The van der Waals surface area contributed by atoms with E-state index in [1.807, 2.05) is 38.1 Å². The fourth-order valence-electron chi connectivity index (χ4n) is 2.17. The molecule has 1 saturated carbocycles. The van der Waals surface area contributed by atoms with Gasteiger partial charge in [0.1, 0.15) is 5.75 Å². The summed E-state index contributed by atoms with van der Waals surface area (Å²) in [7, 11) is 0. The van der Waals surface area contributed by atoms with Gasteiger partial charge in [0.2, 0.25) is 0 Å². The van der Waals surface area contributed by atoms with E-state index in [0.29, 0.717) is 5.56 Å². The summed E-state index contributed by atoms with van der Waals surface area (Å²) in [4.78, 5) is 12.2. The van der Waals surface area contributed by atoms with Crippen LogP contribution in [0.4, 0.5) is 0 Å². The third kappa shape index (κ3) is 3.50. The fourth-order valence-corrected chi connectivity index (χ4v) is 2.87. The first-order valence-corrected chi connectivity index (χ1v) is 7.82. The molecule has 1 amide bonds. The molecule has 0 unspecified atom stereocenters. The lowest BCUT2D eigenvalue weighted by Gasteiger charge is -2.41. The Kier molecular flexibility index (Phi) is 4.50. The molecule has 19 heavy (non-hydrogen) atoms. The number of rotatable bonds is 5. The number of benzene rings is 1. The summed E-state index contributed by atoms with van der Waals surface area (Å²) >= 11 is 3.49. The Bertz CT molecular complexity index is 432. The zero-order valence-corrected chi connectivity index (χ0v) is 13.0. The summed E-state index contributed by atoms with van der Waals surface area (Å²) in [6, 6.07) is 7.31. The van der Waals surface area contributed by atoms with Gasteiger partial charge in [0, 0.05) is 10.9 Å². The van der Waals surface area contributed by atoms with Crippen molar-refractivity contribution in [2.24, 2.45) is 0 Å². The molecule has 1 aliphatic rings. The average Bonchev–Trinajstić information content (AvgIpc) is 2.34. The summed E-state index contributed by atoms with van der Waals surface area (Å²) in [5.74, 6) is 0.792. The number of ether oxygens (including phenoxy) is 1. The molecule has 0 aliphatic heterocycles. The van der Waals surface area contributed by atoms with Gasteiger partial charge in [0.25, 0.3) is 5.91 Å². The number of hydrogen-bond donors (Lipinski definition) is 1. The second-order valence-corrected chi connectivity index (χ2v) is 5.97. The standard InChI is InChI=1S/C15H20BrNO2/c1-11(2)19-13-6-4-12(5-7-13)14(18)17-15(10-16)8-3-9-15/h4-7,11H,3,8-10H2,1-2H3,(H,17,18). The number of nitrogens with one attached hydrogen (secondary N) is 1. The monoisotopic (exact) mass is 325 g/mol. The van der Waals surface area contributed by atoms with Crippen LogP contribution in [0.5, 0.6) is 5.75 Å². The molecule has 0 spiro atoms. The van der Waals surface area contributed by atoms with E-state index in [1.165, 1.54) is 6.42 Å². The number of carbonyl (C=O) groups excluding carboxylic acids is 1. The minimum absolute atomic E-state index is 0.00440. The highest BCUT2D eigenvalue weighted by Crippen LogP contribution is 2.33. The van der Waals surface area contributed by atoms with Gasteiger partial charge >= 0.3 is 0 Å². The smallest absolute Gasteiger partial charge is 0.251 e. The maximum atomic E-state index is 12.2. The van der Waals surface area contributed by atoms with Gasteiger partial charge in [-0.05, 0) is 57.4 Å². The van der Waals surface area contributed by atoms with Gasteiger partial charge in [0.15, 0.2) is 0 Å². The molecule has 4 heteroatoms. The van der Waals surface area contributed by atoms with Gasteiger partial charge in [-0.2, -0.15) is 0 Å². The second-order valence-electron chi connectivity index (χ2n) is 5.41. The number of alkyl halides is 1. The molecule has 3 nitrogen and oxygen atoms in total. The van der Waals surface area contributed by atoms with E-state index in [0.717, 1.165) is 23.9 Å². The molecule has 1 aliphatic carbocycles. The van der Waals surface area contributed by atoms with Crippen molar-refractivity contribution in [1.82, 2.24) is 5.32 Å². The molecule has 0 heterocycles. The van der Waals surface area contributed by atoms with Crippen LogP contribution in [0.2, 0.25) is 0 Å². The Labute approximate surface area is 122 Å². The van der Waals surface area contributed by atoms with E-state index >= 15 is 0 Å². The summed E-state index contributed by atoms with van der Waals surface area (Å²) in [5.41, 5.74) is 0.646. The molecule has 104 valence electrons. The lowest BCUT2D eigenvalue weighted by Crippen LogP contribution is -2.54. The lowest BCUT2D eigenvalue weighted by molar-refractivity contribution is 0.0856. The molecule has 0 saturated heterocycles. The highest BCUT2D eigenvalue weighted by Gasteiger charge is 2.37. The van der Waals surface area contributed by atoms with Crippen LogP contribution in [0.3, 0.4) is 0 Å². The fraction of sp³-hybridized carbons (Fsp3) is 0.533. The Morgan fingerprint density at radius 1 is 1.37 bits per heavy atom. The predicted octanol–water partition coefficient (Wildman–Crippen LogP) is 3.52. The summed E-state index contributed by atoms with van der Waals surface area (Å²) in [6.07, 6.45) is 3.44. The highest BCUT2D eigenvalue weighted by atomic mass is 79.9. The van der Waals surface area contributed by atoms with Gasteiger partial charge in [-0.3, -0.25) is 4.79 Å². The minimum atomic E-state index is -0.0375. The van der Waals surface area contributed by atoms with Crippen molar-refractivity contribution in [1.29, 1.82) is 0 Å². The average molecular weight is 326 g/mol. The Morgan fingerprint density at radius 3 is 2.42 bits per heavy atom. The Hall–Kier alpha value is -1.03. The third-order valence-electron chi connectivity index (χ3n) is 3.43. The van der Waals surface area contributed by atoms with E-state index in [-0.39, 0.29) is 17.6 Å². The molecule has 1 N–H and O–H groups in total. The van der Waals surface area contributed by atoms with Crippen LogP contribution in [-0.2, 0) is 0 Å². The third-order valence-corrected chi connectivity index (χ3v) is 4.51. The molecular formula is C15H20BrNO2. The Morgan fingerprint density at radius 2 is 2.00 bits per heavy atom. The summed E-state index contributed by atoms with van der Waals surface area (Å²) in [6.45, 7) is 3.97. The maximum Gasteiger partial charge on any atom is 0.251 e. The van der Waals surface area contributed by atoms with Gasteiger partial charge in [-0.25, -0.2) is 0 Å². The van der Waals surface area contributed by atoms with Crippen molar-refractivity contribution in [3.05, 3.63) is 29.8 Å². The molecular weight excluding hydrogens is 306 g/mol. The molecule has 0 atom stereocenters. The minimum Gasteiger partial charge on any atom is -0.491 e. The molecule has 0 bridgehead atoms. The van der Waals surface area contributed by atoms with Crippen molar-refractivity contribution >= 4 is 21.8 Å². The second kappa shape index (κ2) is 5.95. The van der Waals surface area contributed by atoms with E-state index in [4.69, 9.17) is 4.74 Å². The first-order chi connectivity index (χ1) is 9.04. The van der Waals surface area contributed by atoms with Gasteiger partial charge in [-0.15, -0.1) is 0 Å². The molecule has 1 fully saturated rings. The van der Waals surface area contributed by atoms with Crippen molar-refractivity contribution in [3.8, 4) is 5.75 Å². The largest absolute Gasteiger partial charge is 0.491 e. The molecule has 1 aromatic carbocycles. The van der Waals surface area contributed by atoms with E-state index in [1.54, 1.807) is 0 Å². The number of amides is 1. The van der Waals surface area contributed by atoms with Crippen LogP contribution in [0.1, 0.15) is 43.5 Å². The van der Waals surface area contributed by atoms with E-state index in [9.17, 15) is 4.79 Å². The zero-order valence-electron chi connectivity index (χ0n) is 11.4. The van der Waals surface area contributed by atoms with E-state index in [2.05, 4.69) is 21.2 Å². The van der Waals surface area contributed by atoms with Crippen LogP contribution in [0.25, 0.3) is 0 Å². The Balaban J connectivity index is 1.99. The number of carbonyl (C=O) groups is 1. The predicted molar refractivity (Wildman–Crippen MR) is 80.0 cm³/mol.